The normalized spacial score (nSPS) is 19.4. The van der Waals surface area contributed by atoms with E-state index in [9.17, 15) is 0 Å². The molecule has 132 valence electrons. The molecule has 3 heterocycles. The van der Waals surface area contributed by atoms with Crippen molar-refractivity contribution in [3.8, 4) is 0 Å². The zero-order valence-corrected chi connectivity index (χ0v) is 15.1. The van der Waals surface area contributed by atoms with Crippen LogP contribution in [-0.2, 0) is 9.47 Å². The van der Waals surface area contributed by atoms with Crippen LogP contribution in [0.1, 0.15) is 12.8 Å². The molecule has 0 amide bonds. The Balaban J connectivity index is 1.47. The number of hydrogen-bond donors (Lipinski definition) is 1. The van der Waals surface area contributed by atoms with Gasteiger partial charge in [-0.2, -0.15) is 0 Å². The molecule has 1 spiro atoms. The van der Waals surface area contributed by atoms with Crippen LogP contribution in [0.15, 0.2) is 30.6 Å². The van der Waals surface area contributed by atoms with Crippen molar-refractivity contribution in [1.29, 1.82) is 0 Å². The number of hydrogen-bond acceptors (Lipinski definition) is 6. The molecule has 0 unspecified atom stereocenters. The van der Waals surface area contributed by atoms with E-state index in [1.165, 1.54) is 0 Å². The number of nitrogens with zero attached hydrogens (tertiary/aromatic N) is 3. The lowest BCUT2D eigenvalue weighted by molar-refractivity contribution is -0.169. The highest BCUT2D eigenvalue weighted by Gasteiger charge is 2.40. The van der Waals surface area contributed by atoms with Crippen LogP contribution in [0.3, 0.4) is 0 Å². The average molecular weight is 381 g/mol. The van der Waals surface area contributed by atoms with Crippen molar-refractivity contribution in [2.24, 2.45) is 0 Å². The summed E-state index contributed by atoms with van der Waals surface area (Å²) in [6.07, 6.45) is 3.21. The Kier molecular flexibility index (Phi) is 4.69. The number of halogens is 2. The maximum absolute atomic E-state index is 6.20. The van der Waals surface area contributed by atoms with Crippen molar-refractivity contribution in [2.75, 3.05) is 36.5 Å². The van der Waals surface area contributed by atoms with Crippen LogP contribution in [0, 0.1) is 0 Å². The van der Waals surface area contributed by atoms with Crippen LogP contribution in [0.2, 0.25) is 10.0 Å². The van der Waals surface area contributed by atoms with E-state index >= 15 is 0 Å². The Labute approximate surface area is 156 Å². The van der Waals surface area contributed by atoms with Crippen LogP contribution >= 0.6 is 23.2 Å². The molecule has 4 rings (SSSR count). The summed E-state index contributed by atoms with van der Waals surface area (Å²) in [6.45, 7) is 3.02. The average Bonchev–Trinajstić information content (AvgIpc) is 3.07. The largest absolute Gasteiger partial charge is 0.356 e. The number of ether oxygens (including phenoxy) is 2. The van der Waals surface area contributed by atoms with Crippen LogP contribution in [0.4, 0.5) is 17.3 Å². The van der Waals surface area contributed by atoms with Crippen LogP contribution < -0.4 is 10.2 Å². The first-order chi connectivity index (χ1) is 12.1. The molecule has 2 aliphatic rings. The third-order valence-corrected chi connectivity index (χ3v) is 5.07. The summed E-state index contributed by atoms with van der Waals surface area (Å²) in [5.41, 5.74) is 0.712. The highest BCUT2D eigenvalue weighted by molar-refractivity contribution is 6.35. The number of benzene rings is 1. The molecular weight excluding hydrogens is 363 g/mol. The SMILES string of the molecule is Clc1ccc(Cl)c(Nc2cc(N3CCC4(CC3)OCCO4)ncn2)c1. The molecule has 0 aliphatic carbocycles. The van der Waals surface area contributed by atoms with Gasteiger partial charge in [0.15, 0.2) is 5.79 Å². The molecule has 2 saturated heterocycles. The van der Waals surface area contributed by atoms with Gasteiger partial charge in [-0.25, -0.2) is 9.97 Å². The van der Waals surface area contributed by atoms with Gasteiger partial charge in [0.05, 0.1) is 23.9 Å². The van der Waals surface area contributed by atoms with Gasteiger partial charge in [0.1, 0.15) is 18.0 Å². The summed E-state index contributed by atoms with van der Waals surface area (Å²) in [5, 5.41) is 4.39. The molecule has 1 aromatic carbocycles. The summed E-state index contributed by atoms with van der Waals surface area (Å²) >= 11 is 12.2. The summed E-state index contributed by atoms with van der Waals surface area (Å²) in [7, 11) is 0. The molecule has 0 saturated carbocycles. The van der Waals surface area contributed by atoms with Crippen molar-refractivity contribution >= 4 is 40.5 Å². The van der Waals surface area contributed by atoms with E-state index in [-0.39, 0.29) is 5.79 Å². The van der Waals surface area contributed by atoms with Gasteiger partial charge in [-0.3, -0.25) is 0 Å². The maximum Gasteiger partial charge on any atom is 0.171 e. The fourth-order valence-electron chi connectivity index (χ4n) is 3.18. The van der Waals surface area contributed by atoms with Gasteiger partial charge in [-0.05, 0) is 18.2 Å². The third kappa shape index (κ3) is 3.67. The van der Waals surface area contributed by atoms with E-state index in [2.05, 4.69) is 20.2 Å². The van der Waals surface area contributed by atoms with Crippen molar-refractivity contribution in [3.63, 3.8) is 0 Å². The molecule has 8 heteroatoms. The zero-order chi connectivity index (χ0) is 17.3. The predicted octanol–water partition coefficient (Wildman–Crippen LogP) is 3.87. The predicted molar refractivity (Wildman–Crippen MR) is 97.9 cm³/mol. The van der Waals surface area contributed by atoms with E-state index in [0.29, 0.717) is 34.8 Å². The molecule has 0 atom stereocenters. The van der Waals surface area contributed by atoms with Gasteiger partial charge in [0, 0.05) is 37.0 Å². The molecular formula is C17H18Cl2N4O2. The van der Waals surface area contributed by atoms with Crippen molar-refractivity contribution < 1.29 is 9.47 Å². The first kappa shape index (κ1) is 16.8. The van der Waals surface area contributed by atoms with E-state index in [0.717, 1.165) is 31.7 Å². The lowest BCUT2D eigenvalue weighted by Gasteiger charge is -2.38. The highest BCUT2D eigenvalue weighted by atomic mass is 35.5. The summed E-state index contributed by atoms with van der Waals surface area (Å²) in [5.74, 6) is 1.14. The van der Waals surface area contributed by atoms with E-state index in [1.807, 2.05) is 6.07 Å². The fraction of sp³-hybridized carbons (Fsp3) is 0.412. The second-order valence-electron chi connectivity index (χ2n) is 6.11. The minimum Gasteiger partial charge on any atom is -0.356 e. The Morgan fingerprint density at radius 1 is 1.04 bits per heavy atom. The number of piperidine rings is 1. The zero-order valence-electron chi connectivity index (χ0n) is 13.5. The maximum atomic E-state index is 6.20. The molecule has 1 N–H and O–H groups in total. The Morgan fingerprint density at radius 3 is 2.56 bits per heavy atom. The molecule has 0 radical (unpaired) electrons. The Morgan fingerprint density at radius 2 is 1.80 bits per heavy atom. The molecule has 2 aliphatic heterocycles. The van der Waals surface area contributed by atoms with E-state index in [1.54, 1.807) is 24.5 Å². The van der Waals surface area contributed by atoms with Crippen LogP contribution in [0.25, 0.3) is 0 Å². The van der Waals surface area contributed by atoms with Crippen LogP contribution in [0.5, 0.6) is 0 Å². The molecule has 2 fully saturated rings. The summed E-state index contributed by atoms with van der Waals surface area (Å²) < 4.78 is 11.5. The lowest BCUT2D eigenvalue weighted by atomic mass is 10.0. The molecule has 2 aromatic rings. The molecule has 1 aromatic heterocycles. The topological polar surface area (TPSA) is 59.5 Å². The van der Waals surface area contributed by atoms with E-state index < -0.39 is 0 Å². The van der Waals surface area contributed by atoms with Gasteiger partial charge in [0.2, 0.25) is 0 Å². The minimum atomic E-state index is -0.390. The fourth-order valence-corrected chi connectivity index (χ4v) is 3.52. The minimum absolute atomic E-state index is 0.390. The quantitative estimate of drug-likeness (QED) is 0.871. The van der Waals surface area contributed by atoms with Crippen molar-refractivity contribution in [3.05, 3.63) is 40.6 Å². The monoisotopic (exact) mass is 380 g/mol. The number of anilines is 3. The van der Waals surface area contributed by atoms with Crippen LogP contribution in [-0.4, -0.2) is 42.1 Å². The third-order valence-electron chi connectivity index (χ3n) is 4.51. The molecule has 25 heavy (non-hydrogen) atoms. The lowest BCUT2D eigenvalue weighted by Crippen LogP contribution is -2.45. The Hall–Kier alpha value is -1.60. The van der Waals surface area contributed by atoms with Gasteiger partial charge in [-0.1, -0.05) is 23.2 Å². The first-order valence-electron chi connectivity index (χ1n) is 8.21. The molecule has 0 bridgehead atoms. The number of aromatic nitrogens is 2. The second-order valence-corrected chi connectivity index (χ2v) is 6.95. The standard InChI is InChI=1S/C17H18Cl2N4O2/c18-12-1-2-13(19)14(9-12)22-15-10-16(21-11-20-15)23-5-3-17(4-6-23)24-7-8-25-17/h1-2,9-11H,3-8H2,(H,20,21,22). The van der Waals surface area contributed by atoms with Gasteiger partial charge in [0.25, 0.3) is 0 Å². The Bertz CT molecular complexity index is 758. The van der Waals surface area contributed by atoms with Gasteiger partial charge in [-0.15, -0.1) is 0 Å². The molecule has 6 nitrogen and oxygen atoms in total. The van der Waals surface area contributed by atoms with E-state index in [4.69, 9.17) is 32.7 Å². The highest BCUT2D eigenvalue weighted by Crippen LogP contribution is 2.33. The first-order valence-corrected chi connectivity index (χ1v) is 8.96. The summed E-state index contributed by atoms with van der Waals surface area (Å²) in [6, 6.07) is 7.17. The second kappa shape index (κ2) is 6.96. The van der Waals surface area contributed by atoms with Gasteiger partial charge >= 0.3 is 0 Å². The number of nitrogens with one attached hydrogen (secondary N) is 1. The van der Waals surface area contributed by atoms with Crippen molar-refractivity contribution in [2.45, 2.75) is 18.6 Å². The number of rotatable bonds is 3. The smallest absolute Gasteiger partial charge is 0.171 e. The van der Waals surface area contributed by atoms with Gasteiger partial charge < -0.3 is 19.7 Å². The van der Waals surface area contributed by atoms with Crippen molar-refractivity contribution in [1.82, 2.24) is 9.97 Å². The summed E-state index contributed by atoms with van der Waals surface area (Å²) in [4.78, 5) is 10.9.